The summed E-state index contributed by atoms with van der Waals surface area (Å²) in [5, 5.41) is 26.3. The van der Waals surface area contributed by atoms with Gasteiger partial charge in [0, 0.05) is 50.9 Å². The number of azide groups is 1. The Labute approximate surface area is 512 Å². The number of halogens is 1. The third-order valence-corrected chi connectivity index (χ3v) is 28.1. The van der Waals surface area contributed by atoms with Gasteiger partial charge in [0.2, 0.25) is 0 Å². The number of nitrogens with two attached hydrogens (primary N) is 2. The van der Waals surface area contributed by atoms with Crippen LogP contribution in [0.4, 0.5) is 0 Å². The predicted molar refractivity (Wildman–Crippen MR) is 334 cm³/mol. The van der Waals surface area contributed by atoms with Crippen LogP contribution in [0.2, 0.25) is 0 Å². The molecule has 6 N–H and O–H groups in total. The lowest BCUT2D eigenvalue weighted by atomic mass is 9.43. The van der Waals surface area contributed by atoms with E-state index in [1.165, 1.54) is 62.5 Å². The van der Waals surface area contributed by atoms with Crippen molar-refractivity contribution in [3.05, 3.63) is 33.7 Å². The van der Waals surface area contributed by atoms with Crippen molar-refractivity contribution in [2.75, 3.05) is 0 Å². The summed E-state index contributed by atoms with van der Waals surface area (Å²) < 4.78 is 26.6. The lowest BCUT2D eigenvalue weighted by Gasteiger charge is -2.63. The number of hydrogen-bond acceptors (Lipinski definition) is 9. The van der Waals surface area contributed by atoms with Gasteiger partial charge in [0.25, 0.3) is 0 Å². The van der Waals surface area contributed by atoms with Crippen molar-refractivity contribution in [2.45, 2.75) is 278 Å². The van der Waals surface area contributed by atoms with Crippen LogP contribution >= 0.6 is 12.4 Å². The fourth-order valence-electron chi connectivity index (χ4n) is 24.1. The Morgan fingerprint density at radius 1 is 0.488 bits per heavy atom. The molecule has 84 heavy (non-hydrogen) atoms. The van der Waals surface area contributed by atoms with E-state index >= 15 is 0 Å². The van der Waals surface area contributed by atoms with Crippen LogP contribution in [0.15, 0.2) is 28.4 Å². The minimum Gasteiger partial charge on any atom is -0.390 e. The zero-order valence-electron chi connectivity index (χ0n) is 53.7. The van der Waals surface area contributed by atoms with Gasteiger partial charge in [-0.3, -0.25) is 0 Å². The zero-order valence-corrected chi connectivity index (χ0v) is 54.5. The second kappa shape index (κ2) is 22.4. The van der Waals surface area contributed by atoms with Crippen molar-refractivity contribution < 1.29 is 29.2 Å². The van der Waals surface area contributed by atoms with E-state index < -0.39 is 23.8 Å². The van der Waals surface area contributed by atoms with Crippen molar-refractivity contribution >= 4 is 12.4 Å². The van der Waals surface area contributed by atoms with Crippen LogP contribution in [0.3, 0.4) is 0 Å². The van der Waals surface area contributed by atoms with Crippen LogP contribution in [-0.4, -0.2) is 76.5 Å². The summed E-state index contributed by atoms with van der Waals surface area (Å²) in [6.45, 7) is 29.0. The summed E-state index contributed by atoms with van der Waals surface area (Å²) in [7, 11) is 0. The van der Waals surface area contributed by atoms with Gasteiger partial charge in [-0.15, -0.1) is 30.2 Å². The Balaban J connectivity index is 0.000000131. The molecule has 12 heteroatoms. The highest BCUT2D eigenvalue weighted by molar-refractivity contribution is 5.85. The maximum Gasteiger partial charge on any atom is 0.163 e. The number of rotatable bonds is 1. The van der Waals surface area contributed by atoms with Crippen molar-refractivity contribution in [3.63, 3.8) is 0 Å². The van der Waals surface area contributed by atoms with Crippen LogP contribution in [0.25, 0.3) is 10.4 Å². The van der Waals surface area contributed by atoms with Crippen LogP contribution in [0, 0.1) is 145 Å². The molecule has 0 amide bonds. The Kier molecular flexibility index (Phi) is 16.8. The molecular formula is C72H108ClN5O6. The van der Waals surface area contributed by atoms with Gasteiger partial charge in [-0.25, -0.2) is 0 Å². The van der Waals surface area contributed by atoms with E-state index in [9.17, 15) is 10.2 Å². The quantitative estimate of drug-likeness (QED) is 0.0867. The molecule has 0 aromatic rings. The summed E-state index contributed by atoms with van der Waals surface area (Å²) in [5.74, 6) is 25.3. The first-order chi connectivity index (χ1) is 39.3. The van der Waals surface area contributed by atoms with Crippen molar-refractivity contribution in [1.82, 2.24) is 0 Å². The summed E-state index contributed by atoms with van der Waals surface area (Å²) >= 11 is 0. The molecule has 14 aliphatic rings. The third-order valence-electron chi connectivity index (χ3n) is 28.1. The normalized spacial score (nSPS) is 53.2. The first-order valence-electron chi connectivity index (χ1n) is 33.6. The van der Waals surface area contributed by atoms with Gasteiger partial charge in [0.15, 0.2) is 11.6 Å². The first kappa shape index (κ1) is 63.0. The summed E-state index contributed by atoms with van der Waals surface area (Å²) in [4.78, 5) is 3.13. The van der Waals surface area contributed by atoms with E-state index in [0.717, 1.165) is 82.5 Å². The summed E-state index contributed by atoms with van der Waals surface area (Å²) in [5.41, 5.74) is 25.6. The SMILES string of the molecule is CC#CC1=CCC2C3C(CC[C@]12C)[C@@]1(C)CC[C@H](N)CC1[C@@H](O)[C@@H]3O.CC#CC1=CCC2C3C(CC[C@]12C)[C@@]1(C)CC[C@H](N=[N+]=[N-])CC1[C@H]1OC(C)(C)O[C@H]31.CC#CC1CCC2C3C(CC[C@]12C)[C@@]1(C)CC[C@H](N)CC1[C@H]1OC(C)(C)O[C@H]31.Cl. The van der Waals surface area contributed by atoms with Crippen molar-refractivity contribution in [1.29, 1.82) is 0 Å². The molecule has 2 saturated heterocycles. The van der Waals surface area contributed by atoms with Crippen LogP contribution < -0.4 is 11.5 Å². The highest BCUT2D eigenvalue weighted by atomic mass is 35.5. The molecule has 11 nitrogen and oxygen atoms in total. The number of nitrogens with zero attached hydrogens (tertiary/aromatic N) is 3. The predicted octanol–water partition coefficient (Wildman–Crippen LogP) is 14.0. The molecule has 0 spiro atoms. The fourth-order valence-corrected chi connectivity index (χ4v) is 24.1. The van der Waals surface area contributed by atoms with Crippen LogP contribution in [0.5, 0.6) is 0 Å². The lowest BCUT2D eigenvalue weighted by molar-refractivity contribution is -0.210. The first-order valence-corrected chi connectivity index (χ1v) is 33.6. The monoisotopic (exact) mass is 1170 g/mol. The molecular weight excluding hydrogens is 1070 g/mol. The maximum absolute atomic E-state index is 11.1. The number of allylic oxidation sites excluding steroid dienone is 4. The van der Waals surface area contributed by atoms with Gasteiger partial charge in [-0.05, 0) is 269 Å². The van der Waals surface area contributed by atoms with E-state index in [-0.39, 0.29) is 82.4 Å². The fraction of sp³-hybridized carbons (Fsp3) is 0.861. The molecule has 28 atom stereocenters. The van der Waals surface area contributed by atoms with E-state index in [1.54, 1.807) is 0 Å². The average molecular weight is 1180 g/mol. The largest absolute Gasteiger partial charge is 0.390 e. The molecule has 12 fully saturated rings. The molecule has 464 valence electrons. The Morgan fingerprint density at radius 3 is 1.44 bits per heavy atom. The van der Waals surface area contributed by atoms with E-state index in [2.05, 4.69) is 127 Å². The number of ether oxygens (including phenoxy) is 4. The van der Waals surface area contributed by atoms with Gasteiger partial charge in [-0.2, -0.15) is 0 Å². The number of aliphatic hydroxyl groups excluding tert-OH is 2. The molecule has 13 unspecified atom stereocenters. The van der Waals surface area contributed by atoms with E-state index in [1.807, 2.05) is 20.8 Å². The van der Waals surface area contributed by atoms with Crippen molar-refractivity contribution in [3.8, 4) is 35.5 Å². The highest BCUT2D eigenvalue weighted by Gasteiger charge is 2.71. The van der Waals surface area contributed by atoms with Gasteiger partial charge >= 0.3 is 0 Å². The van der Waals surface area contributed by atoms with Gasteiger partial charge in [-0.1, -0.05) is 76.6 Å². The number of aliphatic hydroxyl groups is 2. The van der Waals surface area contributed by atoms with Gasteiger partial charge < -0.3 is 40.6 Å². The minimum absolute atomic E-state index is 0. The standard InChI is InChI=1S/C25H35N3O2.C25H39NO2.C22H33NO2.ClH/c1-6-7-15-8-9-17-20-18(11-13-24(15,17)4)25(5)12-10-16(27-28-26)14-19(25)21-22(20)30-23(2,3)29-21;1-6-7-15-8-9-17-20-18(11-13-24(15,17)4)25(5)12-10-16(26)14-19(25)21-22(20)28-23(2,3)27-21;1-4-5-13-6-7-15-18-16(9-11-21(13,15)2)22(3)10-8-14(23)12-17(22)19(24)20(18)25;/h8,16-22H,9-14H2,1-5H3;15-22H,8-14,26H2,1-5H3;6,14-20,24-25H,7-12,23H2,1-3H3;1H/t16-,17?,18?,19?,20?,21+,22+,24+,25+;15?,16-,17?,18?,19?,20?,21+,22+,24+,25+;14-,15?,16?,17?,18?,19+,20+,21+,22+;/m000./s1. The lowest BCUT2D eigenvalue weighted by Crippen LogP contribution is -2.64. The molecule has 12 aliphatic carbocycles. The number of fused-ring (bicyclic) bond motifs is 21. The van der Waals surface area contributed by atoms with E-state index in [0.29, 0.717) is 70.1 Å². The molecule has 2 heterocycles. The Bertz CT molecular complexity index is 2830. The topological polar surface area (TPSA) is 178 Å². The van der Waals surface area contributed by atoms with Crippen molar-refractivity contribution in [2.24, 2.45) is 126 Å². The average Bonchev–Trinajstić information content (AvgIpc) is 1.51. The second-order valence-electron chi connectivity index (χ2n) is 32.5. The highest BCUT2D eigenvalue weighted by Crippen LogP contribution is 2.72. The zero-order chi connectivity index (χ0) is 59.2. The molecule has 0 bridgehead atoms. The molecule has 14 rings (SSSR count). The minimum atomic E-state index is -0.638. The van der Waals surface area contributed by atoms with E-state index in [4.69, 9.17) is 35.9 Å². The molecule has 0 aromatic heterocycles. The second-order valence-corrected chi connectivity index (χ2v) is 32.5. The third kappa shape index (κ3) is 9.70. The molecule has 10 saturated carbocycles. The molecule has 0 aromatic carbocycles. The van der Waals surface area contributed by atoms with Gasteiger partial charge in [0.1, 0.15) is 0 Å². The maximum atomic E-state index is 11.1. The molecule has 2 aliphatic heterocycles. The molecule has 0 radical (unpaired) electrons. The Morgan fingerprint density at radius 2 is 0.917 bits per heavy atom. The summed E-state index contributed by atoms with van der Waals surface area (Å²) in [6.07, 6.45) is 25.7. The smallest absolute Gasteiger partial charge is 0.163 e. The Hall–Kier alpha value is -2.56. The van der Waals surface area contributed by atoms with Crippen LogP contribution in [0.1, 0.15) is 212 Å². The summed E-state index contributed by atoms with van der Waals surface area (Å²) in [6, 6.07) is 0.586. The van der Waals surface area contributed by atoms with Gasteiger partial charge in [0.05, 0.1) is 36.6 Å². The number of hydrogen-bond donors (Lipinski definition) is 4. The van der Waals surface area contributed by atoms with Crippen LogP contribution in [-0.2, 0) is 18.9 Å².